The summed E-state index contributed by atoms with van der Waals surface area (Å²) in [4.78, 5) is 5.39. The first kappa shape index (κ1) is 13.9. The van der Waals surface area contributed by atoms with E-state index >= 15 is 0 Å². The largest absolute Gasteiger partial charge is 0.383 e. The van der Waals surface area contributed by atoms with E-state index in [1.165, 1.54) is 4.90 Å². The van der Waals surface area contributed by atoms with Gasteiger partial charge in [-0.3, -0.25) is 0 Å². The summed E-state index contributed by atoms with van der Waals surface area (Å²) in [5.74, 6) is 1.58. The third kappa shape index (κ3) is 3.08. The van der Waals surface area contributed by atoms with Gasteiger partial charge in [-0.1, -0.05) is 19.1 Å². The lowest BCUT2D eigenvalue weighted by Crippen LogP contribution is -2.16. The molecule has 2 rings (SSSR count). The maximum absolute atomic E-state index is 6.32. The normalized spacial score (nSPS) is 12.4. The number of aromatic nitrogens is 1. The summed E-state index contributed by atoms with van der Waals surface area (Å²) in [6.07, 6.45) is 1.71. The number of anilines is 1. The first-order valence-corrected chi connectivity index (χ1v) is 7.31. The van der Waals surface area contributed by atoms with E-state index in [-0.39, 0.29) is 6.04 Å². The van der Waals surface area contributed by atoms with Crippen molar-refractivity contribution in [3.05, 3.63) is 53.2 Å². The van der Waals surface area contributed by atoms with Gasteiger partial charge in [-0.05, 0) is 42.0 Å². The van der Waals surface area contributed by atoms with E-state index in [0.29, 0.717) is 5.82 Å². The van der Waals surface area contributed by atoms with Gasteiger partial charge >= 0.3 is 0 Å². The highest BCUT2D eigenvalue weighted by Gasteiger charge is 2.15. The van der Waals surface area contributed by atoms with E-state index < -0.39 is 0 Å². The third-order valence-electron chi connectivity index (χ3n) is 3.10. The molecule has 0 saturated carbocycles. The van der Waals surface area contributed by atoms with Gasteiger partial charge < -0.3 is 11.5 Å². The highest BCUT2D eigenvalue weighted by atomic mass is 32.2. The SMILES string of the molecule is CCSc1ccc(C(N)c2c(C)ccnc2N)cc1. The Balaban J connectivity index is 2.31. The van der Waals surface area contributed by atoms with Gasteiger partial charge in [0.15, 0.2) is 0 Å². The number of hydrogen-bond acceptors (Lipinski definition) is 4. The van der Waals surface area contributed by atoms with Crippen LogP contribution in [0.1, 0.15) is 29.7 Å². The number of hydrogen-bond donors (Lipinski definition) is 2. The summed E-state index contributed by atoms with van der Waals surface area (Å²) in [6, 6.07) is 10.0. The fourth-order valence-electron chi connectivity index (χ4n) is 2.10. The third-order valence-corrected chi connectivity index (χ3v) is 3.99. The van der Waals surface area contributed by atoms with Gasteiger partial charge in [0.2, 0.25) is 0 Å². The maximum Gasteiger partial charge on any atom is 0.128 e. The summed E-state index contributed by atoms with van der Waals surface area (Å²) in [6.45, 7) is 4.15. The minimum atomic E-state index is -0.227. The molecule has 0 fully saturated rings. The van der Waals surface area contributed by atoms with Crippen LogP contribution in [0.25, 0.3) is 0 Å². The molecule has 0 saturated heterocycles. The molecule has 1 atom stereocenters. The summed E-state index contributed by atoms with van der Waals surface area (Å²) in [5, 5.41) is 0. The maximum atomic E-state index is 6.32. The van der Waals surface area contributed by atoms with Gasteiger partial charge in [0.1, 0.15) is 5.82 Å². The molecular weight excluding hydrogens is 254 g/mol. The Kier molecular flexibility index (Phi) is 4.45. The Labute approximate surface area is 118 Å². The van der Waals surface area contributed by atoms with Crippen LogP contribution in [0.2, 0.25) is 0 Å². The van der Waals surface area contributed by atoms with Crippen molar-refractivity contribution < 1.29 is 0 Å². The van der Waals surface area contributed by atoms with Gasteiger partial charge in [-0.15, -0.1) is 11.8 Å². The van der Waals surface area contributed by atoms with Gasteiger partial charge in [0.25, 0.3) is 0 Å². The zero-order chi connectivity index (χ0) is 13.8. The number of aryl methyl sites for hydroxylation is 1. The van der Waals surface area contributed by atoms with Crippen molar-refractivity contribution >= 4 is 17.6 Å². The quantitative estimate of drug-likeness (QED) is 0.840. The molecule has 0 aliphatic heterocycles. The van der Waals surface area contributed by atoms with Crippen molar-refractivity contribution in [2.45, 2.75) is 24.8 Å². The number of benzene rings is 1. The monoisotopic (exact) mass is 273 g/mol. The van der Waals surface area contributed by atoms with Crippen LogP contribution >= 0.6 is 11.8 Å². The van der Waals surface area contributed by atoms with Gasteiger partial charge in [0, 0.05) is 16.7 Å². The lowest BCUT2D eigenvalue weighted by atomic mass is 9.96. The molecule has 0 bridgehead atoms. The minimum absolute atomic E-state index is 0.227. The van der Waals surface area contributed by atoms with Crippen molar-refractivity contribution in [3.63, 3.8) is 0 Å². The van der Waals surface area contributed by atoms with Crippen LogP contribution in [0.5, 0.6) is 0 Å². The summed E-state index contributed by atoms with van der Waals surface area (Å²) >= 11 is 1.82. The summed E-state index contributed by atoms with van der Waals surface area (Å²) < 4.78 is 0. The minimum Gasteiger partial charge on any atom is -0.383 e. The Morgan fingerprint density at radius 1 is 1.21 bits per heavy atom. The zero-order valence-electron chi connectivity index (χ0n) is 11.3. The molecule has 0 amide bonds. The molecule has 0 aliphatic rings. The smallest absolute Gasteiger partial charge is 0.128 e. The first-order chi connectivity index (χ1) is 9.13. The van der Waals surface area contributed by atoms with Crippen LogP contribution in [-0.2, 0) is 0 Å². The summed E-state index contributed by atoms with van der Waals surface area (Å²) in [5.41, 5.74) is 15.3. The molecule has 4 N–H and O–H groups in total. The van der Waals surface area contributed by atoms with Gasteiger partial charge in [-0.2, -0.15) is 0 Å². The van der Waals surface area contributed by atoms with E-state index in [1.54, 1.807) is 6.20 Å². The second-order valence-corrected chi connectivity index (χ2v) is 5.74. The molecular formula is C15H19N3S. The summed E-state index contributed by atoms with van der Waals surface area (Å²) in [7, 11) is 0. The Morgan fingerprint density at radius 2 is 1.89 bits per heavy atom. The number of nitrogens with zero attached hydrogens (tertiary/aromatic N) is 1. The first-order valence-electron chi connectivity index (χ1n) is 6.32. The molecule has 1 aromatic heterocycles. The van der Waals surface area contributed by atoms with E-state index in [2.05, 4.69) is 36.2 Å². The van der Waals surface area contributed by atoms with Crippen LogP contribution in [-0.4, -0.2) is 10.7 Å². The fraction of sp³-hybridized carbons (Fsp3) is 0.267. The molecule has 3 nitrogen and oxygen atoms in total. The standard InChI is InChI=1S/C15H19N3S/c1-3-19-12-6-4-11(5-7-12)14(16)13-10(2)8-9-18-15(13)17/h4-9,14H,3,16H2,1-2H3,(H2,17,18). The van der Waals surface area contributed by atoms with Crippen molar-refractivity contribution in [1.82, 2.24) is 4.98 Å². The average Bonchev–Trinajstić information content (AvgIpc) is 2.39. The van der Waals surface area contributed by atoms with Crippen molar-refractivity contribution in [2.24, 2.45) is 5.73 Å². The van der Waals surface area contributed by atoms with Crippen LogP contribution in [0.15, 0.2) is 41.4 Å². The lowest BCUT2D eigenvalue weighted by Gasteiger charge is -2.17. The highest BCUT2D eigenvalue weighted by Crippen LogP contribution is 2.27. The number of rotatable bonds is 4. The van der Waals surface area contributed by atoms with E-state index in [9.17, 15) is 0 Å². The van der Waals surface area contributed by atoms with Crippen LogP contribution in [0.4, 0.5) is 5.82 Å². The molecule has 4 heteroatoms. The van der Waals surface area contributed by atoms with Crippen molar-refractivity contribution in [1.29, 1.82) is 0 Å². The molecule has 0 radical (unpaired) electrons. The topological polar surface area (TPSA) is 64.9 Å². The molecule has 0 spiro atoms. The van der Waals surface area contributed by atoms with Crippen LogP contribution in [0, 0.1) is 6.92 Å². The molecule has 19 heavy (non-hydrogen) atoms. The van der Waals surface area contributed by atoms with Gasteiger partial charge in [-0.25, -0.2) is 4.98 Å². The van der Waals surface area contributed by atoms with E-state index in [0.717, 1.165) is 22.4 Å². The number of nitrogen functional groups attached to an aromatic ring is 1. The predicted molar refractivity (Wildman–Crippen MR) is 82.3 cm³/mol. The molecule has 1 heterocycles. The number of nitrogens with two attached hydrogens (primary N) is 2. The molecule has 2 aromatic rings. The highest BCUT2D eigenvalue weighted by molar-refractivity contribution is 7.99. The molecule has 0 aliphatic carbocycles. The van der Waals surface area contributed by atoms with E-state index in [1.807, 2.05) is 24.8 Å². The predicted octanol–water partition coefficient (Wildman–Crippen LogP) is 3.13. The van der Waals surface area contributed by atoms with Crippen molar-refractivity contribution in [2.75, 3.05) is 11.5 Å². The van der Waals surface area contributed by atoms with Gasteiger partial charge in [0.05, 0.1) is 6.04 Å². The van der Waals surface area contributed by atoms with Crippen LogP contribution < -0.4 is 11.5 Å². The number of pyridine rings is 1. The van der Waals surface area contributed by atoms with Crippen molar-refractivity contribution in [3.8, 4) is 0 Å². The Hall–Kier alpha value is -1.52. The van der Waals surface area contributed by atoms with E-state index in [4.69, 9.17) is 11.5 Å². The molecule has 1 aromatic carbocycles. The average molecular weight is 273 g/mol. The molecule has 100 valence electrons. The lowest BCUT2D eigenvalue weighted by molar-refractivity contribution is 0.856. The Morgan fingerprint density at radius 3 is 2.47 bits per heavy atom. The van der Waals surface area contributed by atoms with Crippen LogP contribution in [0.3, 0.4) is 0 Å². The Bertz CT molecular complexity index is 532. The number of thioether (sulfide) groups is 1. The zero-order valence-corrected chi connectivity index (χ0v) is 12.1. The molecule has 1 unspecified atom stereocenters. The second kappa shape index (κ2) is 6.08. The fourth-order valence-corrected chi connectivity index (χ4v) is 2.76. The second-order valence-electron chi connectivity index (χ2n) is 4.41.